The van der Waals surface area contributed by atoms with Crippen molar-refractivity contribution in [2.24, 2.45) is 0 Å². The summed E-state index contributed by atoms with van der Waals surface area (Å²) in [7, 11) is 0. The maximum atomic E-state index is 11.4. The van der Waals surface area contributed by atoms with Crippen LogP contribution in [-0.4, -0.2) is 18.4 Å². The number of carbonyl (C=O) groups excluding carboxylic acids is 2. The van der Waals surface area contributed by atoms with Crippen LogP contribution in [0.3, 0.4) is 0 Å². The van der Waals surface area contributed by atoms with Crippen molar-refractivity contribution in [1.29, 1.82) is 0 Å². The predicted octanol–water partition coefficient (Wildman–Crippen LogP) is 2.52. The molecule has 2 aromatic rings. The summed E-state index contributed by atoms with van der Waals surface area (Å²) in [5.74, 6) is 0.448. The highest BCUT2D eigenvalue weighted by Gasteiger charge is 2.08. The van der Waals surface area contributed by atoms with Gasteiger partial charge in [-0.25, -0.2) is 4.79 Å². The van der Waals surface area contributed by atoms with Crippen molar-refractivity contribution in [3.05, 3.63) is 42.5 Å². The number of fused-ring (bicyclic) bond motifs is 1. The Morgan fingerprint density at radius 3 is 2.67 bits per heavy atom. The molecule has 0 fully saturated rings. The van der Waals surface area contributed by atoms with E-state index in [1.54, 1.807) is 19.1 Å². The van der Waals surface area contributed by atoms with E-state index in [0.29, 0.717) is 12.0 Å². The molecule has 1 atom stereocenters. The molecular weight excluding hydrogens is 230 g/mol. The first-order chi connectivity index (χ1) is 8.69. The fourth-order valence-electron chi connectivity index (χ4n) is 1.59. The van der Waals surface area contributed by atoms with Gasteiger partial charge in [-0.15, -0.1) is 0 Å². The van der Waals surface area contributed by atoms with E-state index in [1.165, 1.54) is 0 Å². The van der Waals surface area contributed by atoms with E-state index in [0.717, 1.165) is 10.8 Å². The lowest BCUT2D eigenvalue weighted by Gasteiger charge is -2.08. The average Bonchev–Trinajstić information content (AvgIpc) is 2.38. The van der Waals surface area contributed by atoms with Gasteiger partial charge in [0.25, 0.3) is 0 Å². The second kappa shape index (κ2) is 5.31. The van der Waals surface area contributed by atoms with E-state index in [4.69, 9.17) is 4.74 Å². The fraction of sp³-hybridized carbons (Fsp3) is 0.143. The van der Waals surface area contributed by atoms with Gasteiger partial charge < -0.3 is 14.8 Å². The third kappa shape index (κ3) is 2.85. The second-order valence-electron chi connectivity index (χ2n) is 3.97. The standard InChI is InChI=1S/C14H13NO3/c1-10(9-16)15-14(17)18-13-7-6-11-4-2-3-5-12(11)8-13/h2-10H,1H3,(H,15,17). The SMILES string of the molecule is CC(C=O)NC(=O)Oc1ccc2ccccc2c1. The van der Waals surface area contributed by atoms with Gasteiger partial charge in [0.15, 0.2) is 0 Å². The quantitative estimate of drug-likeness (QED) is 0.843. The summed E-state index contributed by atoms with van der Waals surface area (Å²) in [5, 5.41) is 4.46. The molecule has 2 aromatic carbocycles. The van der Waals surface area contributed by atoms with Gasteiger partial charge in [0.1, 0.15) is 12.0 Å². The van der Waals surface area contributed by atoms with Crippen LogP contribution < -0.4 is 10.1 Å². The summed E-state index contributed by atoms with van der Waals surface area (Å²) in [6, 6.07) is 12.6. The zero-order valence-corrected chi connectivity index (χ0v) is 9.92. The molecule has 0 aliphatic carbocycles. The molecule has 92 valence electrons. The van der Waals surface area contributed by atoms with E-state index in [2.05, 4.69) is 5.32 Å². The molecule has 0 aliphatic heterocycles. The predicted molar refractivity (Wildman–Crippen MR) is 68.6 cm³/mol. The first kappa shape index (κ1) is 12.1. The first-order valence-electron chi connectivity index (χ1n) is 5.61. The number of nitrogens with one attached hydrogen (secondary N) is 1. The summed E-state index contributed by atoms with van der Waals surface area (Å²) in [4.78, 5) is 21.8. The van der Waals surface area contributed by atoms with Crippen molar-refractivity contribution in [3.63, 3.8) is 0 Å². The third-order valence-electron chi connectivity index (χ3n) is 2.48. The van der Waals surface area contributed by atoms with Crippen LogP contribution in [0.1, 0.15) is 6.92 Å². The van der Waals surface area contributed by atoms with Gasteiger partial charge >= 0.3 is 6.09 Å². The maximum Gasteiger partial charge on any atom is 0.413 e. The number of amides is 1. The number of benzene rings is 2. The summed E-state index contributed by atoms with van der Waals surface area (Å²) in [6.45, 7) is 1.58. The molecule has 0 heterocycles. The Morgan fingerprint density at radius 1 is 1.22 bits per heavy atom. The summed E-state index contributed by atoms with van der Waals surface area (Å²) < 4.78 is 5.09. The Labute approximate surface area is 105 Å². The van der Waals surface area contributed by atoms with Crippen molar-refractivity contribution < 1.29 is 14.3 Å². The topological polar surface area (TPSA) is 55.4 Å². The Kier molecular flexibility index (Phi) is 3.57. The highest BCUT2D eigenvalue weighted by Crippen LogP contribution is 2.20. The van der Waals surface area contributed by atoms with Crippen molar-refractivity contribution in [2.45, 2.75) is 13.0 Å². The highest BCUT2D eigenvalue weighted by molar-refractivity contribution is 5.84. The smallest absolute Gasteiger partial charge is 0.410 e. The molecule has 1 amide bonds. The van der Waals surface area contributed by atoms with Gasteiger partial charge in [-0.1, -0.05) is 30.3 Å². The van der Waals surface area contributed by atoms with E-state index >= 15 is 0 Å². The molecule has 0 aromatic heterocycles. The number of aldehydes is 1. The normalized spacial score (nSPS) is 11.8. The molecule has 0 saturated heterocycles. The van der Waals surface area contributed by atoms with Gasteiger partial charge in [0.2, 0.25) is 0 Å². The lowest BCUT2D eigenvalue weighted by molar-refractivity contribution is -0.109. The van der Waals surface area contributed by atoms with Gasteiger partial charge in [0, 0.05) is 0 Å². The van der Waals surface area contributed by atoms with Crippen molar-refractivity contribution in [3.8, 4) is 5.75 Å². The van der Waals surface area contributed by atoms with Crippen molar-refractivity contribution >= 4 is 23.2 Å². The van der Waals surface area contributed by atoms with E-state index < -0.39 is 12.1 Å². The van der Waals surface area contributed by atoms with E-state index in [9.17, 15) is 9.59 Å². The molecule has 0 saturated carbocycles. The van der Waals surface area contributed by atoms with Crippen LogP contribution in [0, 0.1) is 0 Å². The lowest BCUT2D eigenvalue weighted by atomic mass is 10.1. The van der Waals surface area contributed by atoms with Crippen LogP contribution in [0.5, 0.6) is 5.75 Å². The fourth-order valence-corrected chi connectivity index (χ4v) is 1.59. The summed E-state index contributed by atoms with van der Waals surface area (Å²) in [5.41, 5.74) is 0. The van der Waals surface area contributed by atoms with Crippen LogP contribution in [0.25, 0.3) is 10.8 Å². The molecule has 2 rings (SSSR count). The number of ether oxygens (including phenoxy) is 1. The summed E-state index contributed by atoms with van der Waals surface area (Å²) >= 11 is 0. The Hall–Kier alpha value is -2.36. The highest BCUT2D eigenvalue weighted by atomic mass is 16.6. The van der Waals surface area contributed by atoms with Crippen LogP contribution >= 0.6 is 0 Å². The Balaban J connectivity index is 2.12. The van der Waals surface area contributed by atoms with Crippen LogP contribution in [0.2, 0.25) is 0 Å². The number of carbonyl (C=O) groups is 2. The maximum absolute atomic E-state index is 11.4. The van der Waals surface area contributed by atoms with Gasteiger partial charge in [0.05, 0.1) is 6.04 Å². The molecule has 4 nitrogen and oxygen atoms in total. The molecule has 1 N–H and O–H groups in total. The third-order valence-corrected chi connectivity index (χ3v) is 2.48. The minimum absolute atomic E-state index is 0.448. The van der Waals surface area contributed by atoms with Gasteiger partial charge in [-0.2, -0.15) is 0 Å². The minimum Gasteiger partial charge on any atom is -0.410 e. The molecule has 18 heavy (non-hydrogen) atoms. The lowest BCUT2D eigenvalue weighted by Crippen LogP contribution is -2.35. The van der Waals surface area contributed by atoms with Crippen molar-refractivity contribution in [1.82, 2.24) is 5.32 Å². The zero-order valence-electron chi connectivity index (χ0n) is 9.92. The minimum atomic E-state index is -0.634. The zero-order chi connectivity index (χ0) is 13.0. The monoisotopic (exact) mass is 243 g/mol. The molecule has 4 heteroatoms. The van der Waals surface area contributed by atoms with Gasteiger partial charge in [-0.3, -0.25) is 0 Å². The largest absolute Gasteiger partial charge is 0.413 e. The number of rotatable bonds is 3. The summed E-state index contributed by atoms with van der Waals surface area (Å²) in [6.07, 6.45) is 0.00616. The Bertz CT molecular complexity index is 580. The van der Waals surface area contributed by atoms with Crippen LogP contribution in [-0.2, 0) is 4.79 Å². The molecule has 1 unspecified atom stereocenters. The van der Waals surface area contributed by atoms with Crippen LogP contribution in [0.4, 0.5) is 4.79 Å². The van der Waals surface area contributed by atoms with Gasteiger partial charge in [-0.05, 0) is 29.8 Å². The molecular formula is C14H13NO3. The Morgan fingerprint density at radius 2 is 1.94 bits per heavy atom. The molecule has 0 aliphatic rings. The van der Waals surface area contributed by atoms with E-state index in [1.807, 2.05) is 30.3 Å². The van der Waals surface area contributed by atoms with Crippen molar-refractivity contribution in [2.75, 3.05) is 0 Å². The molecule has 0 spiro atoms. The number of hydrogen-bond acceptors (Lipinski definition) is 3. The molecule has 0 bridgehead atoms. The van der Waals surface area contributed by atoms with Crippen LogP contribution in [0.15, 0.2) is 42.5 Å². The first-order valence-corrected chi connectivity index (χ1v) is 5.61. The average molecular weight is 243 g/mol. The number of hydrogen-bond donors (Lipinski definition) is 1. The molecule has 0 radical (unpaired) electrons. The second-order valence-corrected chi connectivity index (χ2v) is 3.97. The van der Waals surface area contributed by atoms with E-state index in [-0.39, 0.29) is 0 Å².